The van der Waals surface area contributed by atoms with E-state index in [0.717, 1.165) is 12.1 Å². The van der Waals surface area contributed by atoms with Crippen LogP contribution in [0.15, 0.2) is 35.5 Å². The minimum Gasteiger partial charge on any atom is -0.207 e. The number of aromatic nitrogens is 3. The lowest BCUT2D eigenvalue weighted by atomic mass is 10.1. The SMILES string of the molecule is CC(C)C(Cn1nccn1)NS(=O)(=O)c1cc(F)cc(F)c1. The summed E-state index contributed by atoms with van der Waals surface area (Å²) in [4.78, 5) is 0.892. The van der Waals surface area contributed by atoms with E-state index in [-0.39, 0.29) is 12.5 Å². The Kier molecular flexibility index (Phi) is 4.87. The Morgan fingerprint density at radius 3 is 2.18 bits per heavy atom. The molecule has 0 aliphatic heterocycles. The molecule has 0 amide bonds. The van der Waals surface area contributed by atoms with Crippen LogP contribution in [0.4, 0.5) is 8.78 Å². The zero-order chi connectivity index (χ0) is 16.3. The Balaban J connectivity index is 2.24. The summed E-state index contributed by atoms with van der Waals surface area (Å²) in [7, 11) is -4.05. The third kappa shape index (κ3) is 4.08. The molecule has 0 bridgehead atoms. The standard InChI is InChI=1S/C13H16F2N4O2S/c1-9(2)13(8-19-16-3-4-17-19)18-22(20,21)12-6-10(14)5-11(15)7-12/h3-7,9,13,18H,8H2,1-2H3. The average molecular weight is 330 g/mol. The van der Waals surface area contributed by atoms with Crippen molar-refractivity contribution >= 4 is 10.0 Å². The van der Waals surface area contributed by atoms with Crippen LogP contribution in [0.2, 0.25) is 0 Å². The molecule has 0 spiro atoms. The summed E-state index contributed by atoms with van der Waals surface area (Å²) in [6.45, 7) is 3.85. The van der Waals surface area contributed by atoms with E-state index in [1.807, 2.05) is 13.8 Å². The molecule has 1 aromatic heterocycles. The van der Waals surface area contributed by atoms with Gasteiger partial charge in [0.2, 0.25) is 10.0 Å². The Morgan fingerprint density at radius 1 is 1.14 bits per heavy atom. The van der Waals surface area contributed by atoms with Crippen LogP contribution in [0.5, 0.6) is 0 Å². The molecule has 1 aromatic carbocycles. The first-order chi connectivity index (χ1) is 10.3. The van der Waals surface area contributed by atoms with Gasteiger partial charge >= 0.3 is 0 Å². The van der Waals surface area contributed by atoms with Crippen LogP contribution in [0.1, 0.15) is 13.8 Å². The number of halogens is 2. The molecule has 9 heteroatoms. The second-order valence-electron chi connectivity index (χ2n) is 5.16. The lowest BCUT2D eigenvalue weighted by molar-refractivity contribution is 0.361. The van der Waals surface area contributed by atoms with Crippen molar-refractivity contribution in [2.24, 2.45) is 5.92 Å². The monoisotopic (exact) mass is 330 g/mol. The Morgan fingerprint density at radius 2 is 1.68 bits per heavy atom. The second kappa shape index (κ2) is 6.49. The summed E-state index contributed by atoms with van der Waals surface area (Å²) < 4.78 is 53.4. The minimum atomic E-state index is -4.05. The van der Waals surface area contributed by atoms with Gasteiger partial charge in [-0.2, -0.15) is 15.0 Å². The maximum atomic E-state index is 13.2. The summed E-state index contributed by atoms with van der Waals surface area (Å²) >= 11 is 0. The van der Waals surface area contributed by atoms with Gasteiger partial charge in [-0.25, -0.2) is 21.9 Å². The molecule has 0 saturated heterocycles. The highest BCUT2D eigenvalue weighted by molar-refractivity contribution is 7.89. The summed E-state index contributed by atoms with van der Waals surface area (Å²) in [6.07, 6.45) is 2.96. The molecule has 1 heterocycles. The van der Waals surface area contributed by atoms with E-state index in [0.29, 0.717) is 6.07 Å². The number of hydrogen-bond acceptors (Lipinski definition) is 4. The lowest BCUT2D eigenvalue weighted by Crippen LogP contribution is -2.42. The number of rotatable bonds is 6. The van der Waals surface area contributed by atoms with Crippen molar-refractivity contribution in [1.82, 2.24) is 19.7 Å². The van der Waals surface area contributed by atoms with Gasteiger partial charge in [-0.15, -0.1) is 0 Å². The third-order valence-corrected chi connectivity index (χ3v) is 4.55. The van der Waals surface area contributed by atoms with Gasteiger partial charge in [-0.3, -0.25) is 0 Å². The van der Waals surface area contributed by atoms with Gasteiger partial charge in [0.1, 0.15) is 11.6 Å². The highest BCUT2D eigenvalue weighted by Gasteiger charge is 2.24. The van der Waals surface area contributed by atoms with Gasteiger partial charge < -0.3 is 0 Å². The van der Waals surface area contributed by atoms with Crippen LogP contribution in [-0.2, 0) is 16.6 Å². The fourth-order valence-corrected chi connectivity index (χ4v) is 3.27. The molecule has 2 rings (SSSR count). The predicted molar refractivity (Wildman–Crippen MR) is 75.3 cm³/mol. The smallest absolute Gasteiger partial charge is 0.207 e. The van der Waals surface area contributed by atoms with Crippen molar-refractivity contribution in [3.63, 3.8) is 0 Å². The Labute approximate surface area is 127 Å². The van der Waals surface area contributed by atoms with Gasteiger partial charge in [0.25, 0.3) is 0 Å². The van der Waals surface area contributed by atoms with Crippen LogP contribution >= 0.6 is 0 Å². The molecule has 1 unspecified atom stereocenters. The number of nitrogens with zero attached hydrogens (tertiary/aromatic N) is 3. The molecule has 120 valence electrons. The predicted octanol–water partition coefficient (Wildman–Crippen LogP) is 1.56. The molecule has 2 aromatic rings. The Bertz CT molecular complexity index is 712. The summed E-state index contributed by atoms with van der Waals surface area (Å²) in [5.74, 6) is -1.97. The first kappa shape index (κ1) is 16.5. The number of benzene rings is 1. The molecule has 1 N–H and O–H groups in total. The van der Waals surface area contributed by atoms with Gasteiger partial charge in [0, 0.05) is 12.1 Å². The molecule has 0 aliphatic rings. The summed E-state index contributed by atoms with van der Waals surface area (Å²) in [5.41, 5.74) is 0. The Hall–Kier alpha value is -1.87. The first-order valence-corrected chi connectivity index (χ1v) is 8.09. The van der Waals surface area contributed by atoms with Crippen LogP contribution in [-0.4, -0.2) is 29.5 Å². The zero-order valence-electron chi connectivity index (χ0n) is 12.1. The van der Waals surface area contributed by atoms with E-state index in [9.17, 15) is 17.2 Å². The van der Waals surface area contributed by atoms with Crippen LogP contribution in [0.3, 0.4) is 0 Å². The maximum absolute atomic E-state index is 13.2. The highest BCUT2D eigenvalue weighted by Crippen LogP contribution is 2.15. The lowest BCUT2D eigenvalue weighted by Gasteiger charge is -2.21. The summed E-state index contributed by atoms with van der Waals surface area (Å²) in [5, 5.41) is 7.84. The molecule has 0 saturated carbocycles. The molecular weight excluding hydrogens is 314 g/mol. The van der Waals surface area contributed by atoms with Crippen molar-refractivity contribution in [2.45, 2.75) is 31.3 Å². The molecule has 6 nitrogen and oxygen atoms in total. The molecule has 0 aliphatic carbocycles. The largest absolute Gasteiger partial charge is 0.241 e. The molecular formula is C13H16F2N4O2S. The van der Waals surface area contributed by atoms with Crippen LogP contribution < -0.4 is 4.72 Å². The van der Waals surface area contributed by atoms with Crippen molar-refractivity contribution in [3.05, 3.63) is 42.2 Å². The molecule has 0 radical (unpaired) electrons. The highest BCUT2D eigenvalue weighted by atomic mass is 32.2. The third-order valence-electron chi connectivity index (χ3n) is 3.08. The topological polar surface area (TPSA) is 76.9 Å². The quantitative estimate of drug-likeness (QED) is 0.872. The normalized spacial score (nSPS) is 13.5. The van der Waals surface area contributed by atoms with E-state index in [2.05, 4.69) is 14.9 Å². The van der Waals surface area contributed by atoms with Gasteiger partial charge in [0.15, 0.2) is 0 Å². The van der Waals surface area contributed by atoms with Crippen molar-refractivity contribution in [2.75, 3.05) is 0 Å². The molecule has 0 fully saturated rings. The number of sulfonamides is 1. The van der Waals surface area contributed by atoms with E-state index >= 15 is 0 Å². The first-order valence-electron chi connectivity index (χ1n) is 6.60. The average Bonchev–Trinajstić information content (AvgIpc) is 2.89. The van der Waals surface area contributed by atoms with Gasteiger partial charge in [-0.05, 0) is 18.1 Å². The number of nitrogens with one attached hydrogen (secondary N) is 1. The fraction of sp³-hybridized carbons (Fsp3) is 0.385. The molecule has 1 atom stereocenters. The van der Waals surface area contributed by atoms with Crippen molar-refractivity contribution in [1.29, 1.82) is 0 Å². The van der Waals surface area contributed by atoms with E-state index in [1.165, 1.54) is 17.2 Å². The van der Waals surface area contributed by atoms with Crippen LogP contribution in [0, 0.1) is 17.6 Å². The zero-order valence-corrected chi connectivity index (χ0v) is 12.9. The van der Waals surface area contributed by atoms with Gasteiger partial charge in [-0.1, -0.05) is 13.8 Å². The van der Waals surface area contributed by atoms with Gasteiger partial charge in [0.05, 0.1) is 23.8 Å². The van der Waals surface area contributed by atoms with Crippen molar-refractivity contribution in [3.8, 4) is 0 Å². The van der Waals surface area contributed by atoms with Crippen molar-refractivity contribution < 1.29 is 17.2 Å². The fourth-order valence-electron chi connectivity index (χ4n) is 1.85. The second-order valence-corrected chi connectivity index (χ2v) is 6.87. The van der Waals surface area contributed by atoms with E-state index in [4.69, 9.17) is 0 Å². The maximum Gasteiger partial charge on any atom is 0.241 e. The van der Waals surface area contributed by atoms with E-state index in [1.54, 1.807) is 0 Å². The minimum absolute atomic E-state index is 0.0702. The summed E-state index contributed by atoms with van der Waals surface area (Å²) in [6, 6.07) is 1.64. The molecule has 22 heavy (non-hydrogen) atoms. The van der Waals surface area contributed by atoms with E-state index < -0.39 is 32.6 Å². The van der Waals surface area contributed by atoms with Crippen LogP contribution in [0.25, 0.3) is 0 Å². The number of hydrogen-bond donors (Lipinski definition) is 1.